The first-order valence-corrected chi connectivity index (χ1v) is 3.03. The highest BCUT2D eigenvalue weighted by molar-refractivity contribution is 6.29. The lowest BCUT2D eigenvalue weighted by Gasteiger charge is -2.15. The lowest BCUT2D eigenvalue weighted by atomic mass is 10.2. The minimum atomic E-state index is -0.131. The summed E-state index contributed by atoms with van der Waals surface area (Å²) in [5.74, 6) is 0. The van der Waals surface area contributed by atoms with Crippen LogP contribution in [0.25, 0.3) is 0 Å². The van der Waals surface area contributed by atoms with Gasteiger partial charge in [0.2, 0.25) is 0 Å². The number of nitrogens with zero attached hydrogens (tertiary/aromatic N) is 2. The van der Waals surface area contributed by atoms with Gasteiger partial charge in [0.15, 0.2) is 0 Å². The highest BCUT2D eigenvalue weighted by Gasteiger charge is 2.11. The predicted octanol–water partition coefficient (Wildman–Crippen LogP) is 0.205. The Labute approximate surface area is 54.7 Å². The minimum Gasteiger partial charge on any atom is -0.308 e. The van der Waals surface area contributed by atoms with E-state index >= 15 is 0 Å². The zero-order chi connectivity index (χ0) is 6.85. The number of hydrogen-bond donors (Lipinski definition) is 1. The van der Waals surface area contributed by atoms with E-state index in [1.54, 1.807) is 6.21 Å². The molecule has 0 aromatic rings. The zero-order valence-corrected chi connectivity index (χ0v) is 5.70. The molecule has 50 valence electrons. The third-order valence-electron chi connectivity index (χ3n) is 1.34. The molecule has 2 N–H and O–H groups in total. The molecule has 1 heterocycles. The Balaban J connectivity index is 2.70. The van der Waals surface area contributed by atoms with Gasteiger partial charge in [-0.3, -0.25) is 9.98 Å². The van der Waals surface area contributed by atoms with Gasteiger partial charge in [-0.05, 0) is 13.8 Å². The largest absolute Gasteiger partial charge is 0.308 e. The Hall–Kier alpha value is -0.700. The average molecular weight is 125 g/mol. The zero-order valence-electron chi connectivity index (χ0n) is 5.70. The normalized spacial score (nSPS) is 34.3. The second-order valence-corrected chi connectivity index (χ2v) is 2.28. The Kier molecular flexibility index (Phi) is 1.62. The SMILES string of the molecule is CC1=NC(C)C(N)N=C1. The van der Waals surface area contributed by atoms with Gasteiger partial charge in [0.1, 0.15) is 6.17 Å². The molecular weight excluding hydrogens is 114 g/mol. The lowest BCUT2D eigenvalue weighted by molar-refractivity contribution is 0.582. The first-order valence-electron chi connectivity index (χ1n) is 3.03. The van der Waals surface area contributed by atoms with Crippen LogP contribution < -0.4 is 5.73 Å². The summed E-state index contributed by atoms with van der Waals surface area (Å²) in [7, 11) is 0. The summed E-state index contributed by atoms with van der Waals surface area (Å²) in [6.45, 7) is 3.89. The van der Waals surface area contributed by atoms with Crippen molar-refractivity contribution in [1.29, 1.82) is 0 Å². The van der Waals surface area contributed by atoms with Gasteiger partial charge in [-0.25, -0.2) is 0 Å². The molecule has 0 aliphatic carbocycles. The molecular formula is C6H11N3. The van der Waals surface area contributed by atoms with Crippen molar-refractivity contribution in [3.8, 4) is 0 Å². The van der Waals surface area contributed by atoms with E-state index in [9.17, 15) is 0 Å². The molecule has 3 heteroatoms. The van der Waals surface area contributed by atoms with Crippen molar-refractivity contribution >= 4 is 11.9 Å². The van der Waals surface area contributed by atoms with Gasteiger partial charge in [0.05, 0.1) is 11.8 Å². The molecule has 9 heavy (non-hydrogen) atoms. The standard InChI is InChI=1S/C6H11N3/c1-4-3-8-6(7)5(2)9-4/h3,5-6H,7H2,1-2H3. The van der Waals surface area contributed by atoms with E-state index < -0.39 is 0 Å². The first-order chi connectivity index (χ1) is 4.20. The van der Waals surface area contributed by atoms with Gasteiger partial charge >= 0.3 is 0 Å². The molecule has 0 radical (unpaired) electrons. The Bertz CT molecular complexity index is 160. The van der Waals surface area contributed by atoms with Crippen LogP contribution in [0, 0.1) is 0 Å². The van der Waals surface area contributed by atoms with Crippen LogP contribution in [0.3, 0.4) is 0 Å². The molecule has 1 aliphatic heterocycles. The molecule has 0 saturated carbocycles. The molecule has 0 fully saturated rings. The summed E-state index contributed by atoms with van der Waals surface area (Å²) in [5, 5.41) is 0. The molecule has 0 spiro atoms. The number of rotatable bonds is 0. The van der Waals surface area contributed by atoms with E-state index in [0.29, 0.717) is 0 Å². The highest BCUT2D eigenvalue weighted by atomic mass is 15.0. The van der Waals surface area contributed by atoms with Gasteiger partial charge in [-0.2, -0.15) is 0 Å². The van der Waals surface area contributed by atoms with Crippen LogP contribution in [0.5, 0.6) is 0 Å². The Morgan fingerprint density at radius 3 is 2.78 bits per heavy atom. The molecule has 0 saturated heterocycles. The summed E-state index contributed by atoms with van der Waals surface area (Å²) < 4.78 is 0. The van der Waals surface area contributed by atoms with Crippen molar-refractivity contribution in [2.24, 2.45) is 15.7 Å². The maximum Gasteiger partial charge on any atom is 0.119 e. The summed E-state index contributed by atoms with van der Waals surface area (Å²) in [5.41, 5.74) is 6.50. The van der Waals surface area contributed by atoms with Crippen LogP contribution in [0.1, 0.15) is 13.8 Å². The second kappa shape index (κ2) is 2.27. The molecule has 1 rings (SSSR count). The Morgan fingerprint density at radius 1 is 1.67 bits per heavy atom. The monoisotopic (exact) mass is 125 g/mol. The van der Waals surface area contributed by atoms with Gasteiger partial charge < -0.3 is 5.73 Å². The summed E-state index contributed by atoms with van der Waals surface area (Å²) in [6, 6.07) is 0.148. The second-order valence-electron chi connectivity index (χ2n) is 2.28. The van der Waals surface area contributed by atoms with E-state index in [1.165, 1.54) is 0 Å². The van der Waals surface area contributed by atoms with Crippen molar-refractivity contribution in [2.75, 3.05) is 0 Å². The molecule has 2 atom stereocenters. The molecule has 2 unspecified atom stereocenters. The predicted molar refractivity (Wildman–Crippen MR) is 39.0 cm³/mol. The molecule has 0 aromatic heterocycles. The fourth-order valence-corrected chi connectivity index (χ4v) is 0.749. The van der Waals surface area contributed by atoms with E-state index in [1.807, 2.05) is 13.8 Å². The van der Waals surface area contributed by atoms with Crippen molar-refractivity contribution in [1.82, 2.24) is 0 Å². The summed E-state index contributed by atoms with van der Waals surface area (Å²) >= 11 is 0. The van der Waals surface area contributed by atoms with E-state index in [0.717, 1.165) is 5.71 Å². The van der Waals surface area contributed by atoms with Crippen LogP contribution in [0.4, 0.5) is 0 Å². The van der Waals surface area contributed by atoms with Gasteiger partial charge in [-0.1, -0.05) is 0 Å². The summed E-state index contributed by atoms with van der Waals surface area (Å²) in [6.07, 6.45) is 1.58. The summed E-state index contributed by atoms with van der Waals surface area (Å²) in [4.78, 5) is 8.22. The van der Waals surface area contributed by atoms with Gasteiger partial charge in [0, 0.05) is 6.21 Å². The fourth-order valence-electron chi connectivity index (χ4n) is 0.749. The van der Waals surface area contributed by atoms with Crippen LogP contribution in [0.15, 0.2) is 9.98 Å². The van der Waals surface area contributed by atoms with Gasteiger partial charge in [-0.15, -0.1) is 0 Å². The number of nitrogens with two attached hydrogens (primary N) is 1. The highest BCUT2D eigenvalue weighted by Crippen LogP contribution is 2.01. The molecule has 0 bridgehead atoms. The van der Waals surface area contributed by atoms with Crippen LogP contribution in [0.2, 0.25) is 0 Å². The third-order valence-corrected chi connectivity index (χ3v) is 1.34. The third kappa shape index (κ3) is 1.36. The smallest absolute Gasteiger partial charge is 0.119 e. The average Bonchev–Trinajstić information content (AvgIpc) is 1.80. The minimum absolute atomic E-state index is 0.131. The molecule has 0 aromatic carbocycles. The van der Waals surface area contributed by atoms with Crippen LogP contribution in [-0.4, -0.2) is 24.1 Å². The number of hydrogen-bond acceptors (Lipinski definition) is 3. The number of aliphatic imine (C=N–C) groups is 2. The molecule has 3 nitrogen and oxygen atoms in total. The molecule has 1 aliphatic rings. The van der Waals surface area contributed by atoms with Crippen LogP contribution >= 0.6 is 0 Å². The maximum atomic E-state index is 5.54. The lowest BCUT2D eigenvalue weighted by Crippen LogP contribution is -2.33. The van der Waals surface area contributed by atoms with Crippen LogP contribution in [-0.2, 0) is 0 Å². The van der Waals surface area contributed by atoms with Crippen molar-refractivity contribution < 1.29 is 0 Å². The Morgan fingerprint density at radius 2 is 2.33 bits per heavy atom. The van der Waals surface area contributed by atoms with E-state index in [4.69, 9.17) is 5.73 Å². The topological polar surface area (TPSA) is 50.7 Å². The fraction of sp³-hybridized carbons (Fsp3) is 0.667. The molecule has 0 amide bonds. The first kappa shape index (κ1) is 6.42. The van der Waals surface area contributed by atoms with Crippen molar-refractivity contribution in [3.63, 3.8) is 0 Å². The van der Waals surface area contributed by atoms with E-state index in [-0.39, 0.29) is 12.2 Å². The maximum absolute atomic E-state index is 5.54. The van der Waals surface area contributed by atoms with Gasteiger partial charge in [0.25, 0.3) is 0 Å². The quantitative estimate of drug-likeness (QED) is 0.494. The van der Waals surface area contributed by atoms with E-state index in [2.05, 4.69) is 9.98 Å². The van der Waals surface area contributed by atoms with Crippen molar-refractivity contribution in [2.45, 2.75) is 26.1 Å². The van der Waals surface area contributed by atoms with Crippen molar-refractivity contribution in [3.05, 3.63) is 0 Å².